The summed E-state index contributed by atoms with van der Waals surface area (Å²) in [6.07, 6.45) is 5.00. The maximum Gasteiger partial charge on any atom is 0.138 e. The summed E-state index contributed by atoms with van der Waals surface area (Å²) in [4.78, 5) is 4.22. The van der Waals surface area contributed by atoms with Crippen molar-refractivity contribution in [1.82, 2.24) is 10.4 Å². The molecule has 4 heteroatoms. The Morgan fingerprint density at radius 2 is 2.18 bits per heavy atom. The van der Waals surface area contributed by atoms with Gasteiger partial charge in [0.05, 0.1) is 18.3 Å². The zero-order chi connectivity index (χ0) is 12.4. The second kappa shape index (κ2) is 5.02. The van der Waals surface area contributed by atoms with Crippen LogP contribution in [0.5, 0.6) is 5.75 Å². The molecule has 1 aliphatic rings. The Hall–Kier alpha value is -1.13. The minimum Gasteiger partial charge on any atom is -0.489 e. The third-order valence-electron chi connectivity index (χ3n) is 3.24. The van der Waals surface area contributed by atoms with E-state index in [4.69, 9.17) is 10.6 Å². The molecule has 0 aromatic carbocycles. The standard InChI is InChI=1S/C13H21N3O/c1-8(2)17-11-5-10(6-15-7-11)13(16-14)12-4-9(12)3/h5-9,12-13,16H,4,14H2,1-3H3. The van der Waals surface area contributed by atoms with Crippen molar-refractivity contribution in [3.8, 4) is 5.75 Å². The summed E-state index contributed by atoms with van der Waals surface area (Å²) in [5.41, 5.74) is 4.01. The van der Waals surface area contributed by atoms with Crippen molar-refractivity contribution in [2.24, 2.45) is 17.7 Å². The van der Waals surface area contributed by atoms with Gasteiger partial charge in [0.15, 0.2) is 0 Å². The highest BCUT2D eigenvalue weighted by molar-refractivity contribution is 5.27. The Labute approximate surface area is 103 Å². The summed E-state index contributed by atoms with van der Waals surface area (Å²) >= 11 is 0. The molecule has 1 fully saturated rings. The van der Waals surface area contributed by atoms with Crippen LogP contribution in [-0.2, 0) is 0 Å². The van der Waals surface area contributed by atoms with E-state index < -0.39 is 0 Å². The van der Waals surface area contributed by atoms with Crippen LogP contribution in [0, 0.1) is 11.8 Å². The summed E-state index contributed by atoms with van der Waals surface area (Å²) in [5, 5.41) is 0. The highest BCUT2D eigenvalue weighted by atomic mass is 16.5. The third-order valence-corrected chi connectivity index (χ3v) is 3.24. The van der Waals surface area contributed by atoms with Crippen molar-refractivity contribution in [2.75, 3.05) is 0 Å². The number of nitrogens with two attached hydrogens (primary N) is 1. The van der Waals surface area contributed by atoms with Crippen LogP contribution in [0.25, 0.3) is 0 Å². The van der Waals surface area contributed by atoms with Gasteiger partial charge in [-0.3, -0.25) is 16.3 Å². The molecule has 0 spiro atoms. The molecule has 94 valence electrons. The predicted molar refractivity (Wildman–Crippen MR) is 67.3 cm³/mol. The number of aromatic nitrogens is 1. The Balaban J connectivity index is 2.13. The van der Waals surface area contributed by atoms with Crippen molar-refractivity contribution in [3.63, 3.8) is 0 Å². The molecule has 0 bridgehead atoms. The number of pyridine rings is 1. The van der Waals surface area contributed by atoms with Gasteiger partial charge in [-0.2, -0.15) is 0 Å². The van der Waals surface area contributed by atoms with Crippen LogP contribution in [-0.4, -0.2) is 11.1 Å². The zero-order valence-corrected chi connectivity index (χ0v) is 10.7. The van der Waals surface area contributed by atoms with E-state index in [1.54, 1.807) is 6.20 Å². The average Bonchev–Trinajstić information content (AvgIpc) is 2.96. The van der Waals surface area contributed by atoms with Crippen LogP contribution in [0.3, 0.4) is 0 Å². The Morgan fingerprint density at radius 3 is 2.71 bits per heavy atom. The van der Waals surface area contributed by atoms with Gasteiger partial charge in [-0.05, 0) is 43.7 Å². The lowest BCUT2D eigenvalue weighted by Gasteiger charge is -2.17. The number of hydrazine groups is 1. The molecule has 1 aromatic rings. The number of nitrogens with one attached hydrogen (secondary N) is 1. The molecule has 0 radical (unpaired) electrons. The van der Waals surface area contributed by atoms with Gasteiger partial charge in [-0.1, -0.05) is 6.92 Å². The summed E-state index contributed by atoms with van der Waals surface area (Å²) in [7, 11) is 0. The molecule has 2 rings (SSSR count). The highest BCUT2D eigenvalue weighted by Crippen LogP contribution is 2.46. The van der Waals surface area contributed by atoms with E-state index in [1.165, 1.54) is 6.42 Å². The molecule has 0 aliphatic heterocycles. The van der Waals surface area contributed by atoms with Crippen molar-refractivity contribution in [1.29, 1.82) is 0 Å². The van der Waals surface area contributed by atoms with Crippen LogP contribution in [0.15, 0.2) is 18.5 Å². The first-order valence-electron chi connectivity index (χ1n) is 6.19. The maximum atomic E-state index is 5.65. The molecule has 3 unspecified atom stereocenters. The molecule has 1 heterocycles. The van der Waals surface area contributed by atoms with Crippen LogP contribution in [0.2, 0.25) is 0 Å². The molecule has 1 aliphatic carbocycles. The van der Waals surface area contributed by atoms with Crippen LogP contribution < -0.4 is 16.0 Å². The number of rotatable bonds is 5. The molecule has 1 aromatic heterocycles. The predicted octanol–water partition coefficient (Wildman–Crippen LogP) is 2.03. The number of nitrogens with zero attached hydrogens (tertiary/aromatic N) is 1. The van der Waals surface area contributed by atoms with Gasteiger partial charge in [0.25, 0.3) is 0 Å². The zero-order valence-electron chi connectivity index (χ0n) is 10.7. The number of hydrogen-bond donors (Lipinski definition) is 2. The topological polar surface area (TPSA) is 60.2 Å². The molecule has 0 amide bonds. The van der Waals surface area contributed by atoms with Gasteiger partial charge in [0.1, 0.15) is 5.75 Å². The first-order chi connectivity index (χ1) is 8.11. The fourth-order valence-electron chi connectivity index (χ4n) is 2.22. The first kappa shape index (κ1) is 12.3. The van der Waals surface area contributed by atoms with Crippen molar-refractivity contribution in [2.45, 2.75) is 39.3 Å². The molecule has 17 heavy (non-hydrogen) atoms. The monoisotopic (exact) mass is 235 g/mol. The molecule has 3 N–H and O–H groups in total. The first-order valence-corrected chi connectivity index (χ1v) is 6.19. The molecule has 3 atom stereocenters. The number of ether oxygens (including phenoxy) is 1. The molecular weight excluding hydrogens is 214 g/mol. The van der Waals surface area contributed by atoms with E-state index in [2.05, 4.69) is 17.3 Å². The van der Waals surface area contributed by atoms with Gasteiger partial charge < -0.3 is 4.74 Å². The van der Waals surface area contributed by atoms with E-state index in [-0.39, 0.29) is 12.1 Å². The van der Waals surface area contributed by atoms with E-state index in [0.717, 1.165) is 17.2 Å². The molecular formula is C13H21N3O. The summed E-state index contributed by atoms with van der Waals surface area (Å²) < 4.78 is 5.65. The SMILES string of the molecule is CC(C)Oc1cncc(C(NN)C2CC2C)c1. The van der Waals surface area contributed by atoms with E-state index in [9.17, 15) is 0 Å². The van der Waals surface area contributed by atoms with Crippen molar-refractivity contribution in [3.05, 3.63) is 24.0 Å². The third kappa shape index (κ3) is 2.96. The molecule has 4 nitrogen and oxygen atoms in total. The van der Waals surface area contributed by atoms with Crippen molar-refractivity contribution < 1.29 is 4.74 Å². The summed E-state index contributed by atoms with van der Waals surface area (Å²) in [6.45, 7) is 6.26. The van der Waals surface area contributed by atoms with E-state index in [0.29, 0.717) is 5.92 Å². The fourth-order valence-corrected chi connectivity index (χ4v) is 2.22. The van der Waals surface area contributed by atoms with Crippen LogP contribution >= 0.6 is 0 Å². The van der Waals surface area contributed by atoms with Crippen LogP contribution in [0.4, 0.5) is 0 Å². The molecule has 1 saturated carbocycles. The van der Waals surface area contributed by atoms with Gasteiger partial charge in [0.2, 0.25) is 0 Å². The highest BCUT2D eigenvalue weighted by Gasteiger charge is 2.39. The largest absolute Gasteiger partial charge is 0.489 e. The number of hydrogen-bond acceptors (Lipinski definition) is 4. The Kier molecular flexibility index (Phi) is 3.64. The van der Waals surface area contributed by atoms with Crippen molar-refractivity contribution >= 4 is 0 Å². The van der Waals surface area contributed by atoms with Gasteiger partial charge >= 0.3 is 0 Å². The van der Waals surface area contributed by atoms with Gasteiger partial charge in [0, 0.05) is 6.20 Å². The summed E-state index contributed by atoms with van der Waals surface area (Å²) in [6, 6.07) is 2.22. The van der Waals surface area contributed by atoms with E-state index in [1.807, 2.05) is 26.1 Å². The average molecular weight is 235 g/mol. The minimum atomic E-state index is 0.163. The second-order valence-corrected chi connectivity index (χ2v) is 5.14. The summed E-state index contributed by atoms with van der Waals surface area (Å²) in [5.74, 6) is 7.81. The smallest absolute Gasteiger partial charge is 0.138 e. The van der Waals surface area contributed by atoms with Crippen LogP contribution in [0.1, 0.15) is 38.8 Å². The van der Waals surface area contributed by atoms with Gasteiger partial charge in [-0.15, -0.1) is 0 Å². The fraction of sp³-hybridized carbons (Fsp3) is 0.615. The lowest BCUT2D eigenvalue weighted by molar-refractivity contribution is 0.241. The second-order valence-electron chi connectivity index (χ2n) is 5.14. The maximum absolute atomic E-state index is 5.65. The Bertz CT molecular complexity index is 381. The van der Waals surface area contributed by atoms with Gasteiger partial charge in [-0.25, -0.2) is 0 Å². The minimum absolute atomic E-state index is 0.163. The Morgan fingerprint density at radius 1 is 1.47 bits per heavy atom. The van der Waals surface area contributed by atoms with E-state index >= 15 is 0 Å². The lowest BCUT2D eigenvalue weighted by Crippen LogP contribution is -2.30. The quantitative estimate of drug-likeness (QED) is 0.605. The lowest BCUT2D eigenvalue weighted by atomic mass is 10.0. The molecule has 0 saturated heterocycles. The normalized spacial score (nSPS) is 24.8.